The van der Waals surface area contributed by atoms with E-state index in [4.69, 9.17) is 5.11 Å². The van der Waals surface area contributed by atoms with Crippen molar-refractivity contribution >= 4 is 12.2 Å². The molecule has 2 N–H and O–H groups in total. The first-order valence-electron chi connectivity index (χ1n) is 4.64. The summed E-state index contributed by atoms with van der Waals surface area (Å²) in [4.78, 5) is 22.1. The Morgan fingerprint density at radius 2 is 2.00 bits per heavy atom. The van der Waals surface area contributed by atoms with Crippen molar-refractivity contribution < 1.29 is 14.7 Å². The molecule has 0 saturated carbocycles. The van der Waals surface area contributed by atoms with Gasteiger partial charge in [0.25, 0.3) is 5.91 Å². The van der Waals surface area contributed by atoms with Gasteiger partial charge in [-0.15, -0.1) is 0 Å². The second kappa shape index (κ2) is 5.26. The highest BCUT2D eigenvalue weighted by atomic mass is 16.3. The molecule has 0 radical (unpaired) electrons. The van der Waals surface area contributed by atoms with Crippen molar-refractivity contribution in [2.24, 2.45) is 0 Å². The first kappa shape index (κ1) is 11.4. The summed E-state index contributed by atoms with van der Waals surface area (Å²) in [6.45, 7) is 1.45. The van der Waals surface area contributed by atoms with Crippen LogP contribution in [0.5, 0.6) is 0 Å². The van der Waals surface area contributed by atoms with Gasteiger partial charge in [0.15, 0.2) is 0 Å². The molecule has 0 aliphatic heterocycles. The van der Waals surface area contributed by atoms with Crippen LogP contribution in [-0.2, 0) is 4.79 Å². The van der Waals surface area contributed by atoms with E-state index < -0.39 is 12.1 Å². The van der Waals surface area contributed by atoms with Crippen LogP contribution < -0.4 is 5.32 Å². The van der Waals surface area contributed by atoms with Gasteiger partial charge in [-0.3, -0.25) is 4.79 Å². The molecule has 0 unspecified atom stereocenters. The minimum absolute atomic E-state index is 0.367. The van der Waals surface area contributed by atoms with Gasteiger partial charge in [-0.2, -0.15) is 0 Å². The first-order chi connectivity index (χ1) is 7.15. The molecule has 1 amide bonds. The summed E-state index contributed by atoms with van der Waals surface area (Å²) in [5, 5.41) is 11.6. The van der Waals surface area contributed by atoms with E-state index in [1.807, 2.05) is 0 Å². The number of hydrogen-bond donors (Lipinski definition) is 2. The Morgan fingerprint density at radius 1 is 1.40 bits per heavy atom. The number of nitrogens with one attached hydrogen (secondary N) is 1. The second-order valence-electron chi connectivity index (χ2n) is 3.24. The summed E-state index contributed by atoms with van der Waals surface area (Å²) in [7, 11) is 0. The SMILES string of the molecule is C[C@H](O)[C@H](C=O)NC(=O)c1ccccc1. The van der Waals surface area contributed by atoms with E-state index in [0.29, 0.717) is 11.8 Å². The van der Waals surface area contributed by atoms with Gasteiger partial charge >= 0.3 is 0 Å². The third-order valence-electron chi connectivity index (χ3n) is 2.00. The molecule has 4 nitrogen and oxygen atoms in total. The number of aldehydes is 1. The molecule has 0 saturated heterocycles. The summed E-state index contributed by atoms with van der Waals surface area (Å²) >= 11 is 0. The van der Waals surface area contributed by atoms with Crippen LogP contribution in [-0.4, -0.2) is 29.4 Å². The molecular formula is C11H13NO3. The van der Waals surface area contributed by atoms with Crippen molar-refractivity contribution in [3.63, 3.8) is 0 Å². The Labute approximate surface area is 87.9 Å². The number of amides is 1. The van der Waals surface area contributed by atoms with Gasteiger partial charge in [0, 0.05) is 5.56 Å². The molecule has 80 valence electrons. The fourth-order valence-electron chi connectivity index (χ4n) is 1.09. The Morgan fingerprint density at radius 3 is 2.47 bits per heavy atom. The summed E-state index contributed by atoms with van der Waals surface area (Å²) in [5.74, 6) is -0.367. The van der Waals surface area contributed by atoms with Gasteiger partial charge in [-0.05, 0) is 19.1 Å². The van der Waals surface area contributed by atoms with Gasteiger partial charge in [-0.1, -0.05) is 18.2 Å². The lowest BCUT2D eigenvalue weighted by molar-refractivity contribution is -0.111. The lowest BCUT2D eigenvalue weighted by atomic mass is 10.1. The molecule has 0 aromatic heterocycles. The van der Waals surface area contributed by atoms with E-state index in [2.05, 4.69) is 5.32 Å². The van der Waals surface area contributed by atoms with E-state index in [-0.39, 0.29) is 5.91 Å². The molecule has 0 heterocycles. The lowest BCUT2D eigenvalue weighted by Crippen LogP contribution is -2.43. The van der Waals surface area contributed by atoms with Crippen LogP contribution in [0, 0.1) is 0 Å². The number of aliphatic hydroxyl groups is 1. The number of carbonyl (C=O) groups is 2. The minimum Gasteiger partial charge on any atom is -0.391 e. The van der Waals surface area contributed by atoms with E-state index >= 15 is 0 Å². The van der Waals surface area contributed by atoms with E-state index in [9.17, 15) is 9.59 Å². The quantitative estimate of drug-likeness (QED) is 0.701. The largest absolute Gasteiger partial charge is 0.391 e. The highest BCUT2D eigenvalue weighted by Gasteiger charge is 2.16. The van der Waals surface area contributed by atoms with Crippen LogP contribution in [0.15, 0.2) is 30.3 Å². The maximum Gasteiger partial charge on any atom is 0.251 e. The van der Waals surface area contributed by atoms with Crippen molar-refractivity contribution in [1.29, 1.82) is 0 Å². The van der Waals surface area contributed by atoms with Gasteiger partial charge in [-0.25, -0.2) is 0 Å². The molecule has 0 aliphatic rings. The molecule has 1 rings (SSSR count). The monoisotopic (exact) mass is 207 g/mol. The summed E-state index contributed by atoms with van der Waals surface area (Å²) in [6, 6.07) is 7.67. The Hall–Kier alpha value is -1.68. The number of hydrogen-bond acceptors (Lipinski definition) is 3. The fraction of sp³-hybridized carbons (Fsp3) is 0.273. The zero-order valence-corrected chi connectivity index (χ0v) is 8.38. The molecule has 0 fully saturated rings. The van der Waals surface area contributed by atoms with E-state index in [1.54, 1.807) is 30.3 Å². The average Bonchev–Trinajstić information content (AvgIpc) is 2.26. The van der Waals surface area contributed by atoms with Crippen LogP contribution in [0.1, 0.15) is 17.3 Å². The van der Waals surface area contributed by atoms with Crippen molar-refractivity contribution in [3.8, 4) is 0 Å². The third kappa shape index (κ3) is 3.18. The Kier molecular flexibility index (Phi) is 4.00. The van der Waals surface area contributed by atoms with Crippen molar-refractivity contribution in [2.75, 3.05) is 0 Å². The topological polar surface area (TPSA) is 66.4 Å². The number of aliphatic hydroxyl groups excluding tert-OH is 1. The maximum atomic E-state index is 11.5. The molecule has 0 bridgehead atoms. The first-order valence-corrected chi connectivity index (χ1v) is 4.64. The highest BCUT2D eigenvalue weighted by Crippen LogP contribution is 1.99. The summed E-state index contributed by atoms with van der Waals surface area (Å²) in [5.41, 5.74) is 0.463. The normalized spacial score (nSPS) is 14.0. The number of carbonyl (C=O) groups excluding carboxylic acids is 2. The zero-order valence-electron chi connectivity index (χ0n) is 8.38. The fourth-order valence-corrected chi connectivity index (χ4v) is 1.09. The molecule has 1 aromatic rings. The number of rotatable bonds is 4. The van der Waals surface area contributed by atoms with Gasteiger partial charge in [0.05, 0.1) is 6.10 Å². The van der Waals surface area contributed by atoms with Crippen LogP contribution >= 0.6 is 0 Å². The van der Waals surface area contributed by atoms with Crippen LogP contribution in [0.2, 0.25) is 0 Å². The van der Waals surface area contributed by atoms with Crippen LogP contribution in [0.3, 0.4) is 0 Å². The van der Waals surface area contributed by atoms with Crippen LogP contribution in [0.4, 0.5) is 0 Å². The number of benzene rings is 1. The van der Waals surface area contributed by atoms with Gasteiger partial charge < -0.3 is 15.2 Å². The predicted molar refractivity (Wildman–Crippen MR) is 55.4 cm³/mol. The Bertz CT molecular complexity index is 335. The minimum atomic E-state index is -0.893. The summed E-state index contributed by atoms with van der Waals surface area (Å²) in [6.07, 6.45) is -0.374. The lowest BCUT2D eigenvalue weighted by Gasteiger charge is -2.15. The smallest absolute Gasteiger partial charge is 0.251 e. The van der Waals surface area contributed by atoms with Gasteiger partial charge in [0.2, 0.25) is 0 Å². The average molecular weight is 207 g/mol. The Balaban J connectivity index is 2.67. The van der Waals surface area contributed by atoms with Crippen molar-refractivity contribution in [1.82, 2.24) is 5.32 Å². The van der Waals surface area contributed by atoms with E-state index in [1.165, 1.54) is 6.92 Å². The molecule has 1 aromatic carbocycles. The maximum absolute atomic E-state index is 11.5. The third-order valence-corrected chi connectivity index (χ3v) is 2.00. The molecule has 0 aliphatic carbocycles. The standard InChI is InChI=1S/C11H13NO3/c1-8(14)10(7-13)12-11(15)9-5-3-2-4-6-9/h2-8,10,14H,1H3,(H,12,15)/t8-,10-/m0/s1. The van der Waals surface area contributed by atoms with E-state index in [0.717, 1.165) is 0 Å². The predicted octanol–water partition coefficient (Wildman–Crippen LogP) is 0.365. The van der Waals surface area contributed by atoms with Crippen molar-refractivity contribution in [2.45, 2.75) is 19.1 Å². The van der Waals surface area contributed by atoms with Crippen molar-refractivity contribution in [3.05, 3.63) is 35.9 Å². The summed E-state index contributed by atoms with van der Waals surface area (Å²) < 4.78 is 0. The van der Waals surface area contributed by atoms with Crippen LogP contribution in [0.25, 0.3) is 0 Å². The highest BCUT2D eigenvalue weighted by molar-refractivity contribution is 5.95. The zero-order chi connectivity index (χ0) is 11.3. The molecule has 4 heteroatoms. The van der Waals surface area contributed by atoms with Gasteiger partial charge in [0.1, 0.15) is 12.3 Å². The second-order valence-corrected chi connectivity index (χ2v) is 3.24. The molecular weight excluding hydrogens is 194 g/mol. The molecule has 2 atom stereocenters. The molecule has 0 spiro atoms. The molecule has 15 heavy (non-hydrogen) atoms.